The van der Waals surface area contributed by atoms with E-state index in [0.717, 1.165) is 51.4 Å². The van der Waals surface area contributed by atoms with E-state index in [1.54, 1.807) is 0 Å². The minimum atomic E-state index is -4.83. The Labute approximate surface area is 344 Å². The molecule has 0 spiro atoms. The number of carbonyl (C=O) groups is 3. The molecule has 0 saturated carbocycles. The van der Waals surface area contributed by atoms with E-state index in [-0.39, 0.29) is 12.8 Å². The maximum atomic E-state index is 12.6. The summed E-state index contributed by atoms with van der Waals surface area (Å²) in [5, 5.41) is 9.15. The van der Waals surface area contributed by atoms with Gasteiger partial charge >= 0.3 is 25.7 Å². The molecule has 0 amide bonds. The quantitative estimate of drug-likeness (QED) is 0.0206. The molecule has 0 rings (SSSR count). The molecule has 4 N–H and O–H groups in total. The van der Waals surface area contributed by atoms with Crippen LogP contribution in [-0.4, -0.2) is 69.3 Å². The normalized spacial score (nSPS) is 13.9. The summed E-state index contributed by atoms with van der Waals surface area (Å²) >= 11 is 0. The third-order valence-corrected chi connectivity index (χ3v) is 9.40. The molecular weight excluding hydrogens is 743 g/mol. The van der Waals surface area contributed by atoms with Gasteiger partial charge in [-0.15, -0.1) is 0 Å². The molecule has 0 radical (unpaired) electrons. The lowest BCUT2D eigenvalue weighted by Crippen LogP contribution is -2.36. The number of hydrogen-bond donors (Lipinski definition) is 4. The Kier molecular flexibility index (Phi) is 37.3. The predicted molar refractivity (Wildman–Crippen MR) is 233 cm³/mol. The second kappa shape index (κ2) is 39.6. The van der Waals surface area contributed by atoms with Gasteiger partial charge < -0.3 is 19.3 Å². The highest BCUT2D eigenvalue weighted by Gasteiger charge is 2.49. The number of rotatable bonds is 37. The number of hydrogen-bond acceptors (Lipinski definition) is 10. The standard InChI is InChI=1S/C46H74O10P/c1-3-5-7-9-11-13-15-17-19-21-23-25-27-29-31-33-35-37-44(49)54-40-42(41-55-46(43(48)39-47)57(51,52)53)56-45(50)38-36-34-32-30-28-26-24-22-20-18-16-14-12-10-8-6-4-2/h11-14,17-20,23-26,29-32,42,46-47,51-53H,3-10,15-16,21-22,27-28,33-41H2,1-2H3/q+1/t42-,46?/m1/s1. The molecule has 1 unspecified atom stereocenters. The zero-order valence-corrected chi connectivity index (χ0v) is 35.7. The van der Waals surface area contributed by atoms with Crippen molar-refractivity contribution in [1.29, 1.82) is 0 Å². The highest BCUT2D eigenvalue weighted by atomic mass is 31.2. The third kappa shape index (κ3) is 36.8. The molecule has 0 bridgehead atoms. The molecule has 0 aliphatic heterocycles. The second-order valence-electron chi connectivity index (χ2n) is 13.7. The van der Waals surface area contributed by atoms with Crippen LogP contribution in [0.1, 0.15) is 142 Å². The molecule has 0 heterocycles. The SMILES string of the molecule is CCCCCC=CCC=CCC=CCC=CCCCC(=O)OC[C@H](COC(C(=O)CO)[P+](O)(O)O)OC(=O)CCCC=CCC=CCC=CCC=CCCCCC. The Bertz CT molecular complexity index is 1260. The lowest BCUT2D eigenvalue weighted by molar-refractivity contribution is -0.164. The second-order valence-corrected chi connectivity index (χ2v) is 15.4. The fourth-order valence-corrected chi connectivity index (χ4v) is 5.89. The molecule has 0 fully saturated rings. The predicted octanol–water partition coefficient (Wildman–Crippen LogP) is 10.4. The average molecular weight is 818 g/mol. The molecule has 11 heteroatoms. The van der Waals surface area contributed by atoms with E-state index in [0.29, 0.717) is 25.7 Å². The van der Waals surface area contributed by atoms with Crippen molar-refractivity contribution < 1.29 is 48.4 Å². The minimum Gasteiger partial charge on any atom is -0.462 e. The van der Waals surface area contributed by atoms with Crippen LogP contribution in [0.5, 0.6) is 0 Å². The molecule has 0 aliphatic rings. The van der Waals surface area contributed by atoms with Gasteiger partial charge in [0.1, 0.15) is 13.2 Å². The van der Waals surface area contributed by atoms with Crippen molar-refractivity contribution >= 4 is 25.7 Å². The fraction of sp³-hybridized carbons (Fsp3) is 0.587. The number of ketones is 1. The van der Waals surface area contributed by atoms with Crippen LogP contribution >= 0.6 is 7.94 Å². The summed E-state index contributed by atoms with van der Waals surface area (Å²) in [4.78, 5) is 65.8. The van der Waals surface area contributed by atoms with Crippen LogP contribution in [0.15, 0.2) is 97.2 Å². The van der Waals surface area contributed by atoms with Crippen LogP contribution in [0.4, 0.5) is 0 Å². The molecule has 57 heavy (non-hydrogen) atoms. The molecule has 0 aromatic rings. The van der Waals surface area contributed by atoms with Crippen molar-refractivity contribution in [2.45, 2.75) is 154 Å². The Hall–Kier alpha value is -3.24. The van der Waals surface area contributed by atoms with Crippen LogP contribution in [0, 0.1) is 0 Å². The fourth-order valence-electron chi connectivity index (χ4n) is 5.13. The van der Waals surface area contributed by atoms with Crippen molar-refractivity contribution in [1.82, 2.24) is 0 Å². The summed E-state index contributed by atoms with van der Waals surface area (Å²) < 4.78 is 15.9. The highest BCUT2D eigenvalue weighted by molar-refractivity contribution is 7.60. The first-order chi connectivity index (χ1) is 27.6. The van der Waals surface area contributed by atoms with E-state index in [1.165, 1.54) is 38.5 Å². The van der Waals surface area contributed by atoms with Gasteiger partial charge in [0.15, 0.2) is 6.10 Å². The molecule has 0 aromatic carbocycles. The maximum absolute atomic E-state index is 12.6. The summed E-state index contributed by atoms with van der Waals surface area (Å²) in [6.07, 6.45) is 50.5. The zero-order chi connectivity index (χ0) is 42.1. The summed E-state index contributed by atoms with van der Waals surface area (Å²) in [5.41, 5.74) is 0. The number of ether oxygens (including phenoxy) is 3. The largest absolute Gasteiger partial charge is 0.462 e. The van der Waals surface area contributed by atoms with Crippen LogP contribution < -0.4 is 0 Å². The minimum absolute atomic E-state index is 0.0630. The maximum Gasteiger partial charge on any atom is 0.443 e. The molecule has 0 saturated heterocycles. The van der Waals surface area contributed by atoms with Crippen LogP contribution in [0.2, 0.25) is 0 Å². The monoisotopic (exact) mass is 818 g/mol. The first-order valence-electron chi connectivity index (χ1n) is 21.0. The van der Waals surface area contributed by atoms with Crippen molar-refractivity contribution in [3.05, 3.63) is 97.2 Å². The van der Waals surface area contributed by atoms with E-state index >= 15 is 0 Å². The number of Topliss-reactive ketones (excluding diaryl/α,β-unsaturated/α-hetero) is 1. The van der Waals surface area contributed by atoms with Gasteiger partial charge in [0, 0.05) is 12.8 Å². The number of esters is 2. The summed E-state index contributed by atoms with van der Waals surface area (Å²) in [6, 6.07) is 0. The van der Waals surface area contributed by atoms with E-state index in [4.69, 9.17) is 19.3 Å². The summed E-state index contributed by atoms with van der Waals surface area (Å²) in [5.74, 6) is -4.40. The smallest absolute Gasteiger partial charge is 0.443 e. The van der Waals surface area contributed by atoms with Gasteiger partial charge in [0.25, 0.3) is 0 Å². The van der Waals surface area contributed by atoms with Gasteiger partial charge in [-0.2, -0.15) is 14.7 Å². The molecule has 2 atom stereocenters. The Morgan fingerprint density at radius 1 is 0.509 bits per heavy atom. The Balaban J connectivity index is 4.60. The van der Waals surface area contributed by atoms with Gasteiger partial charge in [0.05, 0.1) is 6.61 Å². The van der Waals surface area contributed by atoms with Crippen LogP contribution in [-0.2, 0) is 28.6 Å². The first kappa shape index (κ1) is 53.8. The van der Waals surface area contributed by atoms with Crippen molar-refractivity contribution in [2.75, 3.05) is 19.8 Å². The van der Waals surface area contributed by atoms with Crippen LogP contribution in [0.3, 0.4) is 0 Å². The van der Waals surface area contributed by atoms with Gasteiger partial charge in [-0.3, -0.25) is 14.4 Å². The summed E-state index contributed by atoms with van der Waals surface area (Å²) in [7, 11) is -4.83. The van der Waals surface area contributed by atoms with E-state index in [2.05, 4.69) is 86.8 Å². The lowest BCUT2D eigenvalue weighted by atomic mass is 10.2. The zero-order valence-electron chi connectivity index (χ0n) is 34.8. The first-order valence-corrected chi connectivity index (χ1v) is 22.7. The number of aliphatic hydroxyl groups is 1. The van der Waals surface area contributed by atoms with Crippen molar-refractivity contribution in [2.24, 2.45) is 0 Å². The number of carbonyl (C=O) groups excluding carboxylic acids is 3. The lowest BCUT2D eigenvalue weighted by Gasteiger charge is -2.21. The number of allylic oxidation sites excluding steroid dienone is 16. The molecule has 0 aromatic heterocycles. The Morgan fingerprint density at radius 2 is 0.877 bits per heavy atom. The molecule has 322 valence electrons. The third-order valence-electron chi connectivity index (χ3n) is 8.33. The summed E-state index contributed by atoms with van der Waals surface area (Å²) in [6.45, 7) is 2.32. The average Bonchev–Trinajstić information content (AvgIpc) is 3.18. The van der Waals surface area contributed by atoms with E-state index in [1.807, 2.05) is 24.3 Å². The molecule has 0 aliphatic carbocycles. The molecular formula is C46H74O10P+. The van der Waals surface area contributed by atoms with Gasteiger partial charge in [-0.1, -0.05) is 137 Å². The van der Waals surface area contributed by atoms with Crippen LogP contribution in [0.25, 0.3) is 0 Å². The van der Waals surface area contributed by atoms with E-state index < -0.39 is 57.4 Å². The number of unbranched alkanes of at least 4 members (excludes halogenated alkanes) is 8. The Morgan fingerprint density at radius 3 is 1.25 bits per heavy atom. The van der Waals surface area contributed by atoms with Crippen molar-refractivity contribution in [3.63, 3.8) is 0 Å². The highest BCUT2D eigenvalue weighted by Crippen LogP contribution is 2.51. The van der Waals surface area contributed by atoms with Gasteiger partial charge in [-0.05, 0) is 89.9 Å². The van der Waals surface area contributed by atoms with Gasteiger partial charge in [-0.25, -0.2) is 0 Å². The van der Waals surface area contributed by atoms with Gasteiger partial charge in [0.2, 0.25) is 5.78 Å². The number of aliphatic hydroxyl groups excluding tert-OH is 1. The molecule has 10 nitrogen and oxygen atoms in total. The van der Waals surface area contributed by atoms with E-state index in [9.17, 15) is 29.1 Å². The van der Waals surface area contributed by atoms with Crippen molar-refractivity contribution in [3.8, 4) is 0 Å². The topological polar surface area (TPSA) is 160 Å².